The van der Waals surface area contributed by atoms with E-state index in [2.05, 4.69) is 15.9 Å². The van der Waals surface area contributed by atoms with Gasteiger partial charge in [0.2, 0.25) is 0 Å². The normalized spacial score (nSPS) is 10.6. The van der Waals surface area contributed by atoms with Gasteiger partial charge < -0.3 is 9.47 Å². The van der Waals surface area contributed by atoms with E-state index >= 15 is 0 Å². The van der Waals surface area contributed by atoms with Crippen molar-refractivity contribution in [3.8, 4) is 11.5 Å². The minimum Gasteiger partial charge on any atom is -0.494 e. The number of hydrogen-bond donors (Lipinski definition) is 0. The second-order valence-corrected chi connectivity index (χ2v) is 6.15. The zero-order valence-electron chi connectivity index (χ0n) is 13.3. The molecule has 4 heteroatoms. The number of rotatable bonds is 5. The fourth-order valence-electron chi connectivity index (χ4n) is 2.36. The highest BCUT2D eigenvalue weighted by molar-refractivity contribution is 9.10. The number of carbonyl (C=O) groups is 1. The van der Waals surface area contributed by atoms with Crippen LogP contribution in [0.5, 0.6) is 11.5 Å². The first-order chi connectivity index (χ1) is 11.7. The first-order valence-corrected chi connectivity index (χ1v) is 8.60. The lowest BCUT2D eigenvalue weighted by Gasteiger charge is -2.09. The predicted molar refractivity (Wildman–Crippen MR) is 98.8 cm³/mol. The van der Waals surface area contributed by atoms with Gasteiger partial charge in [0.15, 0.2) is 0 Å². The SMILES string of the molecule is CCCOc1ccc(C(=O)Oc2ccc3ccccc3c2Br)cc1. The zero-order valence-corrected chi connectivity index (χ0v) is 14.9. The number of fused-ring (bicyclic) bond motifs is 1. The molecular formula is C20H17BrO3. The summed E-state index contributed by atoms with van der Waals surface area (Å²) in [6, 6.07) is 18.6. The first-order valence-electron chi connectivity index (χ1n) is 7.81. The van der Waals surface area contributed by atoms with Crippen molar-refractivity contribution in [2.75, 3.05) is 6.61 Å². The molecule has 0 spiro atoms. The summed E-state index contributed by atoms with van der Waals surface area (Å²) in [4.78, 5) is 12.3. The van der Waals surface area contributed by atoms with E-state index < -0.39 is 5.97 Å². The molecule has 0 saturated heterocycles. The third-order valence-electron chi connectivity index (χ3n) is 3.59. The third kappa shape index (κ3) is 3.60. The lowest BCUT2D eigenvalue weighted by atomic mass is 10.1. The number of hydrogen-bond acceptors (Lipinski definition) is 3. The van der Waals surface area contributed by atoms with E-state index in [-0.39, 0.29) is 0 Å². The average Bonchev–Trinajstić information content (AvgIpc) is 2.63. The van der Waals surface area contributed by atoms with Crippen LogP contribution in [0, 0.1) is 0 Å². The van der Waals surface area contributed by atoms with Crippen LogP contribution in [-0.2, 0) is 0 Å². The van der Waals surface area contributed by atoms with Gasteiger partial charge in [-0.2, -0.15) is 0 Å². The zero-order chi connectivity index (χ0) is 16.9. The Morgan fingerprint density at radius 3 is 2.50 bits per heavy atom. The number of esters is 1. The molecule has 3 rings (SSSR count). The maximum atomic E-state index is 12.3. The summed E-state index contributed by atoms with van der Waals surface area (Å²) in [6.07, 6.45) is 0.944. The highest BCUT2D eigenvalue weighted by Crippen LogP contribution is 2.33. The molecule has 3 aromatic rings. The summed E-state index contributed by atoms with van der Waals surface area (Å²) in [5.41, 5.74) is 0.485. The maximum Gasteiger partial charge on any atom is 0.343 e. The van der Waals surface area contributed by atoms with E-state index in [9.17, 15) is 4.79 Å². The minimum absolute atomic E-state index is 0.395. The van der Waals surface area contributed by atoms with Crippen molar-refractivity contribution < 1.29 is 14.3 Å². The molecule has 0 aliphatic heterocycles. The van der Waals surface area contributed by atoms with Crippen molar-refractivity contribution >= 4 is 32.7 Å². The maximum absolute atomic E-state index is 12.3. The molecular weight excluding hydrogens is 368 g/mol. The molecule has 0 atom stereocenters. The summed E-state index contributed by atoms with van der Waals surface area (Å²) < 4.78 is 11.8. The van der Waals surface area contributed by atoms with Crippen LogP contribution in [0.3, 0.4) is 0 Å². The van der Waals surface area contributed by atoms with Crippen LogP contribution < -0.4 is 9.47 Å². The lowest BCUT2D eigenvalue weighted by Crippen LogP contribution is -2.09. The molecule has 24 heavy (non-hydrogen) atoms. The molecule has 3 nitrogen and oxygen atoms in total. The van der Waals surface area contributed by atoms with Gasteiger partial charge in [-0.3, -0.25) is 0 Å². The Balaban J connectivity index is 1.78. The van der Waals surface area contributed by atoms with Gasteiger partial charge in [-0.05, 0) is 63.5 Å². The van der Waals surface area contributed by atoms with Crippen LogP contribution in [0.2, 0.25) is 0 Å². The van der Waals surface area contributed by atoms with Crippen molar-refractivity contribution in [2.45, 2.75) is 13.3 Å². The highest BCUT2D eigenvalue weighted by Gasteiger charge is 2.12. The van der Waals surface area contributed by atoms with E-state index in [4.69, 9.17) is 9.47 Å². The second kappa shape index (κ2) is 7.49. The van der Waals surface area contributed by atoms with Gasteiger partial charge in [0.25, 0.3) is 0 Å². The van der Waals surface area contributed by atoms with Gasteiger partial charge in [-0.15, -0.1) is 0 Å². The fraction of sp³-hybridized carbons (Fsp3) is 0.150. The van der Waals surface area contributed by atoms with E-state index in [0.29, 0.717) is 17.9 Å². The molecule has 0 amide bonds. The average molecular weight is 385 g/mol. The Kier molecular flexibility index (Phi) is 5.16. The van der Waals surface area contributed by atoms with Crippen LogP contribution in [-0.4, -0.2) is 12.6 Å². The molecule has 3 aromatic carbocycles. The molecule has 122 valence electrons. The van der Waals surface area contributed by atoms with E-state index in [1.165, 1.54) is 0 Å². The largest absolute Gasteiger partial charge is 0.494 e. The predicted octanol–water partition coefficient (Wildman–Crippen LogP) is 5.61. The molecule has 0 radical (unpaired) electrons. The van der Waals surface area contributed by atoms with Crippen molar-refractivity contribution in [3.63, 3.8) is 0 Å². The fourth-order valence-corrected chi connectivity index (χ4v) is 2.93. The number of benzene rings is 3. The summed E-state index contributed by atoms with van der Waals surface area (Å²) in [7, 11) is 0. The molecule has 0 heterocycles. The van der Waals surface area contributed by atoms with E-state index in [1.807, 2.05) is 37.3 Å². The Bertz CT molecular complexity index is 856. The smallest absolute Gasteiger partial charge is 0.343 e. The van der Waals surface area contributed by atoms with Gasteiger partial charge in [-0.1, -0.05) is 37.3 Å². The monoisotopic (exact) mass is 384 g/mol. The standard InChI is InChI=1S/C20H17BrO3/c1-2-13-23-16-10-7-15(8-11-16)20(22)24-18-12-9-14-5-3-4-6-17(14)19(18)21/h3-12H,2,13H2,1H3. The topological polar surface area (TPSA) is 35.5 Å². The van der Waals surface area contributed by atoms with Crippen LogP contribution in [0.1, 0.15) is 23.7 Å². The van der Waals surface area contributed by atoms with Gasteiger partial charge in [0.05, 0.1) is 16.6 Å². The Morgan fingerprint density at radius 2 is 1.75 bits per heavy atom. The van der Waals surface area contributed by atoms with Gasteiger partial charge >= 0.3 is 5.97 Å². The molecule has 0 aliphatic carbocycles. The van der Waals surface area contributed by atoms with Gasteiger partial charge in [-0.25, -0.2) is 4.79 Å². The summed E-state index contributed by atoms with van der Waals surface area (Å²) >= 11 is 3.53. The van der Waals surface area contributed by atoms with Crippen LogP contribution in [0.4, 0.5) is 0 Å². The minimum atomic E-state index is -0.395. The van der Waals surface area contributed by atoms with E-state index in [1.54, 1.807) is 30.3 Å². The first kappa shape index (κ1) is 16.5. The second-order valence-electron chi connectivity index (χ2n) is 5.36. The molecule has 0 N–H and O–H groups in total. The molecule has 0 unspecified atom stereocenters. The van der Waals surface area contributed by atoms with Crippen molar-refractivity contribution in [3.05, 3.63) is 70.7 Å². The Hall–Kier alpha value is -2.33. The van der Waals surface area contributed by atoms with Crippen LogP contribution in [0.15, 0.2) is 65.1 Å². The quantitative estimate of drug-likeness (QED) is 0.423. The number of halogens is 1. The summed E-state index contributed by atoms with van der Waals surface area (Å²) in [5.74, 6) is 0.860. The van der Waals surface area contributed by atoms with Crippen molar-refractivity contribution in [1.82, 2.24) is 0 Å². The number of ether oxygens (including phenoxy) is 2. The molecule has 0 saturated carbocycles. The van der Waals surface area contributed by atoms with Crippen molar-refractivity contribution in [1.29, 1.82) is 0 Å². The molecule has 0 bridgehead atoms. The Morgan fingerprint density at radius 1 is 1.00 bits per heavy atom. The molecule has 0 fully saturated rings. The lowest BCUT2D eigenvalue weighted by molar-refractivity contribution is 0.0734. The van der Waals surface area contributed by atoms with E-state index in [0.717, 1.165) is 27.4 Å². The van der Waals surface area contributed by atoms with Crippen molar-refractivity contribution in [2.24, 2.45) is 0 Å². The van der Waals surface area contributed by atoms with Gasteiger partial charge in [0, 0.05) is 0 Å². The third-order valence-corrected chi connectivity index (χ3v) is 4.41. The number of carbonyl (C=O) groups excluding carboxylic acids is 1. The molecule has 0 aromatic heterocycles. The highest BCUT2D eigenvalue weighted by atomic mass is 79.9. The van der Waals surface area contributed by atoms with Crippen LogP contribution in [0.25, 0.3) is 10.8 Å². The van der Waals surface area contributed by atoms with Gasteiger partial charge in [0.1, 0.15) is 11.5 Å². The Labute approximate surface area is 149 Å². The summed E-state index contributed by atoms with van der Waals surface area (Å²) in [5, 5.41) is 2.09. The molecule has 0 aliphatic rings. The van der Waals surface area contributed by atoms with Crippen LogP contribution >= 0.6 is 15.9 Å². The summed E-state index contributed by atoms with van der Waals surface area (Å²) in [6.45, 7) is 2.71.